The number of fused-ring (bicyclic) bond motifs is 2. The van der Waals surface area contributed by atoms with E-state index in [1.807, 2.05) is 0 Å². The van der Waals surface area contributed by atoms with Gasteiger partial charge in [-0.3, -0.25) is 4.55 Å². The molecule has 1 aliphatic rings. The van der Waals surface area contributed by atoms with Crippen LogP contribution in [0.15, 0.2) is 57.2 Å². The van der Waals surface area contributed by atoms with Gasteiger partial charge in [0, 0.05) is 6.42 Å². The molecule has 2 aromatic rings. The second kappa shape index (κ2) is 4.15. The van der Waals surface area contributed by atoms with Crippen molar-refractivity contribution in [2.45, 2.75) is 21.1 Å². The van der Waals surface area contributed by atoms with E-state index in [9.17, 15) is 16.8 Å². The van der Waals surface area contributed by atoms with Crippen LogP contribution in [0.25, 0.3) is 0 Å². The van der Waals surface area contributed by atoms with Gasteiger partial charge in [0.05, 0.1) is 14.7 Å². The minimum atomic E-state index is -4.43. The summed E-state index contributed by atoms with van der Waals surface area (Å²) in [5.41, 5.74) is 1.20. The quantitative estimate of drug-likeness (QED) is 0.691. The molecule has 0 aromatic heterocycles. The monoisotopic (exact) mass is 310 g/mol. The molecular weight excluding hydrogens is 300 g/mol. The highest BCUT2D eigenvalue weighted by atomic mass is 32.2. The van der Waals surface area contributed by atoms with E-state index in [0.29, 0.717) is 17.5 Å². The lowest BCUT2D eigenvalue weighted by molar-refractivity contribution is 0.483. The van der Waals surface area contributed by atoms with E-state index in [2.05, 4.69) is 0 Å². The van der Waals surface area contributed by atoms with E-state index in [0.717, 1.165) is 6.07 Å². The van der Waals surface area contributed by atoms with Crippen LogP contribution in [0.5, 0.6) is 0 Å². The first-order valence-corrected chi connectivity index (χ1v) is 8.66. The van der Waals surface area contributed by atoms with Crippen LogP contribution >= 0.6 is 0 Å². The largest absolute Gasteiger partial charge is 0.294 e. The molecule has 5 nitrogen and oxygen atoms in total. The summed E-state index contributed by atoms with van der Waals surface area (Å²) in [7, 11) is -8.19. The SMILES string of the molecule is O=S(=O)(O)c1ccc2c(c1)S(=O)(=O)c1ccccc1C2. The summed E-state index contributed by atoms with van der Waals surface area (Å²) < 4.78 is 56.3. The van der Waals surface area contributed by atoms with Gasteiger partial charge >= 0.3 is 0 Å². The Hall–Kier alpha value is -1.70. The maximum absolute atomic E-state index is 12.5. The van der Waals surface area contributed by atoms with Crippen molar-refractivity contribution < 1.29 is 21.4 Å². The molecule has 0 spiro atoms. The molecular formula is C13H10O5S2. The fraction of sp³-hybridized carbons (Fsp3) is 0.0769. The Morgan fingerprint density at radius 1 is 0.950 bits per heavy atom. The second-order valence-electron chi connectivity index (χ2n) is 4.53. The molecule has 3 rings (SSSR count). The maximum atomic E-state index is 12.5. The van der Waals surface area contributed by atoms with Gasteiger partial charge in [-0.1, -0.05) is 24.3 Å². The molecule has 0 saturated heterocycles. The first-order valence-electron chi connectivity index (χ1n) is 5.73. The Labute approximate surface area is 116 Å². The van der Waals surface area contributed by atoms with Crippen molar-refractivity contribution in [3.63, 3.8) is 0 Å². The Morgan fingerprint density at radius 3 is 2.30 bits per heavy atom. The summed E-state index contributed by atoms with van der Waals surface area (Å²) in [6, 6.07) is 10.2. The highest BCUT2D eigenvalue weighted by molar-refractivity contribution is 7.91. The van der Waals surface area contributed by atoms with E-state index < -0.39 is 24.9 Å². The highest BCUT2D eigenvalue weighted by Crippen LogP contribution is 2.35. The summed E-state index contributed by atoms with van der Waals surface area (Å²) in [5, 5.41) is 0. The van der Waals surface area contributed by atoms with E-state index in [1.54, 1.807) is 18.2 Å². The van der Waals surface area contributed by atoms with Crippen LogP contribution in [-0.4, -0.2) is 21.4 Å². The molecule has 0 aliphatic carbocycles. The number of hydrogen-bond donors (Lipinski definition) is 1. The molecule has 0 saturated carbocycles. The van der Waals surface area contributed by atoms with Crippen LogP contribution in [0.3, 0.4) is 0 Å². The highest BCUT2D eigenvalue weighted by Gasteiger charge is 2.30. The third-order valence-corrected chi connectivity index (χ3v) is 6.06. The summed E-state index contributed by atoms with van der Waals surface area (Å²) in [6.45, 7) is 0. The first-order chi connectivity index (χ1) is 9.30. The minimum absolute atomic E-state index is 0.0636. The number of benzene rings is 2. The molecule has 0 fully saturated rings. The van der Waals surface area contributed by atoms with Gasteiger partial charge in [0.2, 0.25) is 9.84 Å². The lowest BCUT2D eigenvalue weighted by Gasteiger charge is -2.20. The number of hydrogen-bond acceptors (Lipinski definition) is 4. The van der Waals surface area contributed by atoms with Crippen molar-refractivity contribution >= 4 is 20.0 Å². The summed E-state index contributed by atoms with van der Waals surface area (Å²) in [6.07, 6.45) is 0.413. The third kappa shape index (κ3) is 1.94. The van der Waals surface area contributed by atoms with Crippen molar-refractivity contribution in [2.24, 2.45) is 0 Å². The zero-order chi connectivity index (χ0) is 14.5. The molecule has 1 heterocycles. The van der Waals surface area contributed by atoms with Crippen molar-refractivity contribution in [1.82, 2.24) is 0 Å². The van der Waals surface area contributed by atoms with Crippen LogP contribution in [-0.2, 0) is 26.4 Å². The van der Waals surface area contributed by atoms with Gasteiger partial charge in [-0.25, -0.2) is 8.42 Å². The lowest BCUT2D eigenvalue weighted by atomic mass is 10.0. The van der Waals surface area contributed by atoms with Crippen LogP contribution < -0.4 is 0 Å². The first kappa shape index (κ1) is 13.3. The molecule has 0 amide bonds. The van der Waals surface area contributed by atoms with Crippen molar-refractivity contribution in [3.8, 4) is 0 Å². The molecule has 20 heavy (non-hydrogen) atoms. The topological polar surface area (TPSA) is 88.5 Å². The smallest absolute Gasteiger partial charge is 0.282 e. The molecule has 104 valence electrons. The Morgan fingerprint density at radius 2 is 1.60 bits per heavy atom. The molecule has 1 aliphatic heterocycles. The summed E-state index contributed by atoms with van der Waals surface area (Å²) >= 11 is 0. The van der Waals surface area contributed by atoms with Gasteiger partial charge in [0.25, 0.3) is 10.1 Å². The predicted molar refractivity (Wildman–Crippen MR) is 71.0 cm³/mol. The van der Waals surface area contributed by atoms with E-state index in [4.69, 9.17) is 4.55 Å². The lowest BCUT2D eigenvalue weighted by Crippen LogP contribution is -2.15. The summed E-state index contributed by atoms with van der Waals surface area (Å²) in [4.78, 5) is -0.300. The Kier molecular flexibility index (Phi) is 2.75. The van der Waals surface area contributed by atoms with Crippen LogP contribution in [0.2, 0.25) is 0 Å². The molecule has 1 N–H and O–H groups in total. The second-order valence-corrected chi connectivity index (χ2v) is 7.84. The van der Waals surface area contributed by atoms with Gasteiger partial charge in [-0.15, -0.1) is 0 Å². The van der Waals surface area contributed by atoms with E-state index in [1.165, 1.54) is 18.2 Å². The van der Waals surface area contributed by atoms with Gasteiger partial charge in [0.15, 0.2) is 0 Å². The van der Waals surface area contributed by atoms with E-state index in [-0.39, 0.29) is 9.79 Å². The van der Waals surface area contributed by atoms with Gasteiger partial charge in [-0.05, 0) is 29.3 Å². The molecule has 0 atom stereocenters. The average Bonchev–Trinajstić information content (AvgIpc) is 2.37. The zero-order valence-corrected chi connectivity index (χ0v) is 11.8. The van der Waals surface area contributed by atoms with Crippen LogP contribution in [0.1, 0.15) is 11.1 Å². The van der Waals surface area contributed by atoms with Crippen molar-refractivity contribution in [3.05, 3.63) is 53.6 Å². The van der Waals surface area contributed by atoms with Crippen molar-refractivity contribution in [2.75, 3.05) is 0 Å². The van der Waals surface area contributed by atoms with Gasteiger partial charge in [0.1, 0.15) is 0 Å². The normalized spacial score (nSPS) is 16.2. The fourth-order valence-corrected chi connectivity index (χ4v) is 4.66. The number of sulfone groups is 1. The molecule has 0 bridgehead atoms. The standard InChI is InChI=1S/C13H10O5S2/c14-19(15)12-4-2-1-3-9(12)7-10-5-6-11(8-13(10)19)20(16,17)18/h1-6,8H,7H2,(H,16,17,18). The van der Waals surface area contributed by atoms with E-state index >= 15 is 0 Å². The van der Waals surface area contributed by atoms with Gasteiger partial charge < -0.3 is 0 Å². The van der Waals surface area contributed by atoms with Crippen LogP contribution in [0.4, 0.5) is 0 Å². The van der Waals surface area contributed by atoms with Gasteiger partial charge in [-0.2, -0.15) is 8.42 Å². The summed E-state index contributed by atoms with van der Waals surface area (Å²) in [5.74, 6) is 0. The molecule has 0 radical (unpaired) electrons. The Balaban J connectivity index is 2.31. The molecule has 2 aromatic carbocycles. The maximum Gasteiger partial charge on any atom is 0.294 e. The predicted octanol–water partition coefficient (Wildman–Crippen LogP) is 1.67. The van der Waals surface area contributed by atoms with Crippen molar-refractivity contribution in [1.29, 1.82) is 0 Å². The van der Waals surface area contributed by atoms with Crippen LogP contribution in [0, 0.1) is 0 Å². The minimum Gasteiger partial charge on any atom is -0.282 e. The molecule has 0 unspecified atom stereocenters. The third-order valence-electron chi connectivity index (χ3n) is 3.27. The fourth-order valence-electron chi connectivity index (χ4n) is 2.33. The Bertz CT molecular complexity index is 912. The number of rotatable bonds is 1. The average molecular weight is 310 g/mol. The molecule has 7 heteroatoms. The zero-order valence-electron chi connectivity index (χ0n) is 10.1.